The minimum atomic E-state index is -3.93. The van der Waals surface area contributed by atoms with Crippen LogP contribution in [-0.2, 0) is 26.2 Å². The molecule has 2 aliphatic rings. The summed E-state index contributed by atoms with van der Waals surface area (Å²) in [7, 11) is -3.93. The Morgan fingerprint density at radius 1 is 1.11 bits per heavy atom. The maximum atomic E-state index is 13.3. The SMILES string of the molecule is C[C@@H](C(=O)NC1CCCC1)N(Cc1ccc(Cl)cc1)C(=O)CCCN1C(=O)c2ccccc2S1(=O)=O. The molecule has 192 valence electrons. The van der Waals surface area contributed by atoms with Crippen molar-refractivity contribution in [2.75, 3.05) is 6.54 Å². The Kier molecular flexibility index (Phi) is 8.00. The van der Waals surface area contributed by atoms with Crippen LogP contribution >= 0.6 is 11.6 Å². The number of halogens is 1. The van der Waals surface area contributed by atoms with Crippen LogP contribution in [0.25, 0.3) is 0 Å². The lowest BCUT2D eigenvalue weighted by molar-refractivity contribution is -0.141. The zero-order chi connectivity index (χ0) is 25.9. The molecule has 0 aromatic heterocycles. The van der Waals surface area contributed by atoms with Gasteiger partial charge in [0.15, 0.2) is 0 Å². The van der Waals surface area contributed by atoms with E-state index in [1.54, 1.807) is 43.3 Å². The molecule has 1 fully saturated rings. The van der Waals surface area contributed by atoms with Gasteiger partial charge in [-0.15, -0.1) is 0 Å². The largest absolute Gasteiger partial charge is 0.352 e. The zero-order valence-corrected chi connectivity index (χ0v) is 21.7. The third kappa shape index (κ3) is 5.57. The number of nitrogens with one attached hydrogen (secondary N) is 1. The van der Waals surface area contributed by atoms with Crippen LogP contribution in [-0.4, -0.2) is 54.0 Å². The van der Waals surface area contributed by atoms with Gasteiger partial charge in [-0.3, -0.25) is 14.4 Å². The fraction of sp³-hybridized carbons (Fsp3) is 0.423. The molecule has 1 aliphatic heterocycles. The van der Waals surface area contributed by atoms with Crippen LogP contribution < -0.4 is 5.32 Å². The summed E-state index contributed by atoms with van der Waals surface area (Å²) in [6, 6.07) is 12.6. The molecule has 1 N–H and O–H groups in total. The van der Waals surface area contributed by atoms with Crippen LogP contribution in [0.2, 0.25) is 5.02 Å². The van der Waals surface area contributed by atoms with E-state index >= 15 is 0 Å². The molecular formula is C26H30ClN3O5S. The van der Waals surface area contributed by atoms with E-state index in [-0.39, 0.29) is 54.2 Å². The summed E-state index contributed by atoms with van der Waals surface area (Å²) >= 11 is 5.99. The van der Waals surface area contributed by atoms with Crippen molar-refractivity contribution < 1.29 is 22.8 Å². The molecule has 3 amide bonds. The molecule has 10 heteroatoms. The van der Waals surface area contributed by atoms with Crippen molar-refractivity contribution in [3.05, 3.63) is 64.7 Å². The molecule has 0 saturated heterocycles. The van der Waals surface area contributed by atoms with Gasteiger partial charge in [0.2, 0.25) is 11.8 Å². The summed E-state index contributed by atoms with van der Waals surface area (Å²) in [6.45, 7) is 1.80. The van der Waals surface area contributed by atoms with E-state index in [4.69, 9.17) is 11.6 Å². The van der Waals surface area contributed by atoms with Crippen molar-refractivity contribution in [3.63, 3.8) is 0 Å². The zero-order valence-electron chi connectivity index (χ0n) is 20.2. The van der Waals surface area contributed by atoms with Gasteiger partial charge in [-0.05, 0) is 56.0 Å². The van der Waals surface area contributed by atoms with Crippen LogP contribution in [0.15, 0.2) is 53.4 Å². The predicted octanol–water partition coefficient (Wildman–Crippen LogP) is 3.74. The summed E-state index contributed by atoms with van der Waals surface area (Å²) in [6.07, 6.45) is 4.16. The average molecular weight is 532 g/mol. The summed E-state index contributed by atoms with van der Waals surface area (Å²) in [5, 5.41) is 3.62. The summed E-state index contributed by atoms with van der Waals surface area (Å²) in [5.41, 5.74) is 0.964. The molecule has 1 aliphatic carbocycles. The fourth-order valence-corrected chi connectivity index (χ4v) is 6.46. The van der Waals surface area contributed by atoms with E-state index in [9.17, 15) is 22.8 Å². The van der Waals surface area contributed by atoms with E-state index < -0.39 is 22.0 Å². The first-order chi connectivity index (χ1) is 17.2. The molecule has 36 heavy (non-hydrogen) atoms. The molecule has 4 rings (SSSR count). The number of rotatable bonds is 9. The average Bonchev–Trinajstić information content (AvgIpc) is 3.44. The van der Waals surface area contributed by atoms with E-state index in [1.165, 1.54) is 17.0 Å². The number of carbonyl (C=O) groups excluding carboxylic acids is 3. The second-order valence-electron chi connectivity index (χ2n) is 9.30. The van der Waals surface area contributed by atoms with Gasteiger partial charge in [0.05, 0.1) is 5.56 Å². The smallest absolute Gasteiger partial charge is 0.269 e. The molecular weight excluding hydrogens is 502 g/mol. The topological polar surface area (TPSA) is 104 Å². The lowest BCUT2D eigenvalue weighted by atomic mass is 10.1. The Balaban J connectivity index is 1.43. The molecule has 8 nitrogen and oxygen atoms in total. The summed E-state index contributed by atoms with van der Waals surface area (Å²) in [4.78, 5) is 40.4. The van der Waals surface area contributed by atoms with E-state index in [1.807, 2.05) is 0 Å². The minimum absolute atomic E-state index is 0.00964. The molecule has 1 saturated carbocycles. The van der Waals surface area contributed by atoms with Crippen LogP contribution in [0.3, 0.4) is 0 Å². The van der Waals surface area contributed by atoms with Gasteiger partial charge in [-0.2, -0.15) is 0 Å². The fourth-order valence-electron chi connectivity index (χ4n) is 4.73. The van der Waals surface area contributed by atoms with Crippen LogP contribution in [0.1, 0.15) is 61.4 Å². The molecule has 2 aromatic carbocycles. The maximum absolute atomic E-state index is 13.3. The van der Waals surface area contributed by atoms with Gasteiger partial charge in [0, 0.05) is 30.6 Å². The highest BCUT2D eigenvalue weighted by Crippen LogP contribution is 2.30. The first-order valence-corrected chi connectivity index (χ1v) is 14.0. The lowest BCUT2D eigenvalue weighted by Crippen LogP contribution is -2.49. The summed E-state index contributed by atoms with van der Waals surface area (Å²) < 4.78 is 26.4. The van der Waals surface area contributed by atoms with Crippen LogP contribution in [0.5, 0.6) is 0 Å². The third-order valence-electron chi connectivity index (χ3n) is 6.80. The third-order valence-corrected chi connectivity index (χ3v) is 8.89. The monoisotopic (exact) mass is 531 g/mol. The van der Waals surface area contributed by atoms with Crippen LogP contribution in [0.4, 0.5) is 0 Å². The molecule has 0 unspecified atom stereocenters. The first-order valence-electron chi connectivity index (χ1n) is 12.2. The maximum Gasteiger partial charge on any atom is 0.269 e. The Labute approximate surface area is 216 Å². The number of carbonyl (C=O) groups is 3. The van der Waals surface area contributed by atoms with E-state index in [2.05, 4.69) is 5.32 Å². The van der Waals surface area contributed by atoms with Gasteiger partial charge in [0.25, 0.3) is 15.9 Å². The molecule has 2 aromatic rings. The summed E-state index contributed by atoms with van der Waals surface area (Å²) in [5.74, 6) is -1.09. The van der Waals surface area contributed by atoms with Gasteiger partial charge < -0.3 is 10.2 Å². The second kappa shape index (κ2) is 11.0. The highest BCUT2D eigenvalue weighted by Gasteiger charge is 2.40. The predicted molar refractivity (Wildman–Crippen MR) is 136 cm³/mol. The normalized spacial score (nSPS) is 17.6. The van der Waals surface area contributed by atoms with Gasteiger partial charge in [-0.1, -0.05) is 48.7 Å². The van der Waals surface area contributed by atoms with Gasteiger partial charge in [-0.25, -0.2) is 12.7 Å². The number of benzene rings is 2. The highest BCUT2D eigenvalue weighted by atomic mass is 35.5. The van der Waals surface area contributed by atoms with Crippen molar-refractivity contribution in [3.8, 4) is 0 Å². The van der Waals surface area contributed by atoms with Crippen molar-refractivity contribution in [1.82, 2.24) is 14.5 Å². The Morgan fingerprint density at radius 2 is 1.78 bits per heavy atom. The van der Waals surface area contributed by atoms with Crippen molar-refractivity contribution in [1.29, 1.82) is 0 Å². The number of nitrogens with zero attached hydrogens (tertiary/aromatic N) is 2. The Bertz CT molecular complexity index is 1240. The molecule has 0 bridgehead atoms. The molecule has 1 atom stereocenters. The molecule has 0 radical (unpaired) electrons. The number of hydrogen-bond acceptors (Lipinski definition) is 5. The van der Waals surface area contributed by atoms with Crippen molar-refractivity contribution in [2.24, 2.45) is 0 Å². The van der Waals surface area contributed by atoms with Crippen molar-refractivity contribution in [2.45, 2.75) is 69.0 Å². The van der Waals surface area contributed by atoms with Gasteiger partial charge in [0.1, 0.15) is 10.9 Å². The number of amides is 3. The number of fused-ring (bicyclic) bond motifs is 1. The van der Waals surface area contributed by atoms with Crippen LogP contribution in [0, 0.1) is 0 Å². The van der Waals surface area contributed by atoms with E-state index in [0.717, 1.165) is 35.6 Å². The van der Waals surface area contributed by atoms with Gasteiger partial charge >= 0.3 is 0 Å². The minimum Gasteiger partial charge on any atom is -0.352 e. The van der Waals surface area contributed by atoms with Crippen molar-refractivity contribution >= 4 is 39.3 Å². The molecule has 1 heterocycles. The Morgan fingerprint density at radius 3 is 2.44 bits per heavy atom. The number of sulfonamides is 1. The lowest BCUT2D eigenvalue weighted by Gasteiger charge is -2.30. The number of hydrogen-bond donors (Lipinski definition) is 1. The quantitative estimate of drug-likeness (QED) is 0.531. The first kappa shape index (κ1) is 26.2. The molecule has 0 spiro atoms. The standard InChI is InChI=1S/C26H30ClN3O5S/c1-18(25(32)28-21-7-2-3-8-21)29(17-19-12-14-20(27)15-13-19)24(31)11-6-16-30-26(33)22-9-4-5-10-23(22)36(30,34)35/h4-5,9-10,12-15,18,21H,2-3,6-8,11,16-17H2,1H3,(H,28,32)/t18-/m0/s1. The second-order valence-corrected chi connectivity index (χ2v) is 11.6. The Hall–Kier alpha value is -2.91. The van der Waals surface area contributed by atoms with E-state index in [0.29, 0.717) is 5.02 Å². The highest BCUT2D eigenvalue weighted by molar-refractivity contribution is 7.90.